The molecule has 0 amide bonds. The maximum Gasteiger partial charge on any atom is 0.329 e. The van der Waals surface area contributed by atoms with Crippen molar-refractivity contribution in [2.45, 2.75) is 38.3 Å². The van der Waals surface area contributed by atoms with Crippen LogP contribution in [0.5, 0.6) is 5.75 Å². The number of methoxy groups -OCH3 is 1. The highest BCUT2D eigenvalue weighted by molar-refractivity contribution is 7.09. The van der Waals surface area contributed by atoms with Crippen molar-refractivity contribution in [2.75, 3.05) is 25.1 Å². The molecule has 1 aromatic carbocycles. The van der Waals surface area contributed by atoms with E-state index in [4.69, 9.17) is 10.5 Å². The fourth-order valence-corrected chi connectivity index (χ4v) is 5.39. The number of hydrogen-bond acceptors (Lipinski definition) is 7. The topological polar surface area (TPSA) is 106 Å². The monoisotopic (exact) mass is 445 g/mol. The molecule has 31 heavy (non-hydrogen) atoms. The summed E-state index contributed by atoms with van der Waals surface area (Å²) >= 11 is 1.52. The van der Waals surface area contributed by atoms with E-state index in [0.29, 0.717) is 24.3 Å². The lowest BCUT2D eigenvalue weighted by atomic mass is 10.0. The van der Waals surface area contributed by atoms with E-state index in [1.807, 2.05) is 10.3 Å². The second-order valence-electron chi connectivity index (χ2n) is 8.30. The summed E-state index contributed by atoms with van der Waals surface area (Å²) in [5, 5.41) is 2.93. The summed E-state index contributed by atoms with van der Waals surface area (Å²) < 4.78 is 22.9. The predicted octanol–water partition coefficient (Wildman–Crippen LogP) is 2.46. The summed E-state index contributed by atoms with van der Waals surface area (Å²) in [4.78, 5) is 33.8. The number of anilines is 1. The van der Waals surface area contributed by atoms with Crippen LogP contribution in [-0.4, -0.2) is 34.7 Å². The zero-order chi connectivity index (χ0) is 21.9. The Hall–Kier alpha value is -2.72. The van der Waals surface area contributed by atoms with Crippen molar-refractivity contribution in [1.82, 2.24) is 14.5 Å². The minimum absolute atomic E-state index is 0.0110. The van der Waals surface area contributed by atoms with E-state index in [2.05, 4.69) is 9.97 Å². The third-order valence-corrected chi connectivity index (χ3v) is 7.26. The van der Waals surface area contributed by atoms with Crippen molar-refractivity contribution in [1.29, 1.82) is 0 Å². The van der Waals surface area contributed by atoms with Crippen molar-refractivity contribution in [3.05, 3.63) is 48.8 Å². The number of aryl methyl sites for hydroxylation is 1. The average molecular weight is 446 g/mol. The number of aromatic amines is 1. The smallest absolute Gasteiger partial charge is 0.329 e. The van der Waals surface area contributed by atoms with Gasteiger partial charge in [0.05, 0.1) is 18.5 Å². The first-order chi connectivity index (χ1) is 14.9. The Balaban J connectivity index is 1.66. The number of nitrogens with one attached hydrogen (secondary N) is 1. The quantitative estimate of drug-likeness (QED) is 0.625. The van der Waals surface area contributed by atoms with Crippen LogP contribution in [0, 0.1) is 18.7 Å². The molecule has 10 heteroatoms. The van der Waals surface area contributed by atoms with Gasteiger partial charge in [-0.05, 0) is 32.1 Å². The summed E-state index contributed by atoms with van der Waals surface area (Å²) in [6.45, 7) is 2.71. The third-order valence-electron chi connectivity index (χ3n) is 6.39. The fourth-order valence-electron chi connectivity index (χ4n) is 4.66. The number of rotatable bonds is 5. The first kappa shape index (κ1) is 20.2. The zero-order valence-corrected chi connectivity index (χ0v) is 18.2. The van der Waals surface area contributed by atoms with Crippen molar-refractivity contribution in [3.8, 4) is 5.75 Å². The fraction of sp³-hybridized carbons (Fsp3) is 0.476. The van der Waals surface area contributed by atoms with E-state index in [1.165, 1.54) is 18.4 Å². The van der Waals surface area contributed by atoms with Crippen LogP contribution in [0.3, 0.4) is 0 Å². The minimum Gasteiger partial charge on any atom is -0.492 e. The summed E-state index contributed by atoms with van der Waals surface area (Å²) in [6.07, 6.45) is 4.19. The lowest BCUT2D eigenvalue weighted by Crippen LogP contribution is -2.32. The Kier molecular flexibility index (Phi) is 4.86. The molecule has 2 atom stereocenters. The number of thiazole rings is 1. The molecule has 0 radical (unpaired) electrons. The molecule has 1 saturated heterocycles. The van der Waals surface area contributed by atoms with Gasteiger partial charge in [-0.3, -0.25) is 14.3 Å². The van der Waals surface area contributed by atoms with Gasteiger partial charge in [0.2, 0.25) is 0 Å². The van der Waals surface area contributed by atoms with E-state index in [1.54, 1.807) is 17.7 Å². The molecule has 2 fully saturated rings. The van der Waals surface area contributed by atoms with Gasteiger partial charge in [-0.2, -0.15) is 0 Å². The zero-order valence-electron chi connectivity index (χ0n) is 17.4. The number of fused-ring (bicyclic) bond motifs is 1. The van der Waals surface area contributed by atoms with E-state index >= 15 is 4.39 Å². The van der Waals surface area contributed by atoms with E-state index in [-0.39, 0.29) is 34.7 Å². The summed E-state index contributed by atoms with van der Waals surface area (Å²) in [5.41, 5.74) is 6.24. The third kappa shape index (κ3) is 3.16. The highest BCUT2D eigenvalue weighted by Crippen LogP contribution is 2.45. The van der Waals surface area contributed by atoms with Crippen molar-refractivity contribution < 1.29 is 9.13 Å². The van der Waals surface area contributed by atoms with Crippen LogP contribution in [0.1, 0.15) is 41.9 Å². The van der Waals surface area contributed by atoms with Gasteiger partial charge in [0.1, 0.15) is 16.2 Å². The molecular weight excluding hydrogens is 421 g/mol. The van der Waals surface area contributed by atoms with Gasteiger partial charge >= 0.3 is 5.69 Å². The average Bonchev–Trinajstić information content (AvgIpc) is 3.23. The molecule has 0 spiro atoms. The molecule has 1 aliphatic carbocycles. The molecule has 3 N–H and O–H groups in total. The number of hydrogen-bond donors (Lipinski definition) is 2. The van der Waals surface area contributed by atoms with Crippen LogP contribution in [0.4, 0.5) is 10.1 Å². The largest absolute Gasteiger partial charge is 0.492 e. The van der Waals surface area contributed by atoms with Crippen LogP contribution in [-0.2, 0) is 0 Å². The molecule has 2 aromatic heterocycles. The molecule has 5 rings (SSSR count). The molecule has 0 bridgehead atoms. The Morgan fingerprint density at radius 1 is 1.35 bits per heavy atom. The Labute approximate surface area is 181 Å². The highest BCUT2D eigenvalue weighted by Gasteiger charge is 2.36. The van der Waals surface area contributed by atoms with Crippen LogP contribution in [0.2, 0.25) is 0 Å². The van der Waals surface area contributed by atoms with Crippen molar-refractivity contribution in [2.24, 2.45) is 11.7 Å². The van der Waals surface area contributed by atoms with Crippen LogP contribution in [0.25, 0.3) is 10.9 Å². The number of H-pyrrole nitrogens is 1. The molecule has 3 heterocycles. The molecule has 1 saturated carbocycles. The van der Waals surface area contributed by atoms with Crippen LogP contribution >= 0.6 is 11.3 Å². The maximum absolute atomic E-state index is 15.7. The first-order valence-electron chi connectivity index (χ1n) is 10.4. The second-order valence-corrected chi connectivity index (χ2v) is 9.22. The molecular formula is C21H24FN5O3S. The van der Waals surface area contributed by atoms with Crippen LogP contribution in [0.15, 0.2) is 21.2 Å². The summed E-state index contributed by atoms with van der Waals surface area (Å²) in [7, 11) is 1.45. The molecule has 2 unspecified atom stereocenters. The number of halogens is 1. The Morgan fingerprint density at radius 3 is 2.77 bits per heavy atom. The van der Waals surface area contributed by atoms with Gasteiger partial charge in [-0.15, -0.1) is 11.3 Å². The van der Waals surface area contributed by atoms with Gasteiger partial charge < -0.3 is 15.4 Å². The first-order valence-corrected chi connectivity index (χ1v) is 11.2. The van der Waals surface area contributed by atoms with Gasteiger partial charge in [-0.25, -0.2) is 14.2 Å². The molecule has 8 nitrogen and oxygen atoms in total. The number of benzene rings is 1. The summed E-state index contributed by atoms with van der Waals surface area (Å²) in [5.74, 6) is -0.160. The van der Waals surface area contributed by atoms with Gasteiger partial charge in [0.25, 0.3) is 5.56 Å². The van der Waals surface area contributed by atoms with Gasteiger partial charge in [0, 0.05) is 36.3 Å². The van der Waals surface area contributed by atoms with Gasteiger partial charge in [0.15, 0.2) is 11.6 Å². The van der Waals surface area contributed by atoms with Crippen molar-refractivity contribution in [3.63, 3.8) is 0 Å². The minimum atomic E-state index is -0.594. The Bertz CT molecular complexity index is 1260. The summed E-state index contributed by atoms with van der Waals surface area (Å²) in [6, 6.07) is -0.240. The number of nitrogens with two attached hydrogens (primary N) is 1. The van der Waals surface area contributed by atoms with E-state index < -0.39 is 17.1 Å². The Morgan fingerprint density at radius 2 is 2.13 bits per heavy atom. The van der Waals surface area contributed by atoms with Gasteiger partial charge in [-0.1, -0.05) is 0 Å². The molecule has 164 valence electrons. The lowest BCUT2D eigenvalue weighted by Gasteiger charge is -2.26. The van der Waals surface area contributed by atoms with Crippen molar-refractivity contribution >= 4 is 27.9 Å². The molecule has 3 aromatic rings. The van der Waals surface area contributed by atoms with Crippen LogP contribution < -0.4 is 26.6 Å². The number of nitrogens with zero attached hydrogens (tertiary/aromatic N) is 3. The normalized spacial score (nSPS) is 19.9. The highest BCUT2D eigenvalue weighted by atomic mass is 32.1. The molecule has 2 aliphatic rings. The van der Waals surface area contributed by atoms with E-state index in [0.717, 1.165) is 24.3 Å². The number of aromatic nitrogens is 3. The number of ether oxygens (including phenoxy) is 1. The predicted molar refractivity (Wildman–Crippen MR) is 118 cm³/mol. The maximum atomic E-state index is 15.7. The lowest BCUT2D eigenvalue weighted by molar-refractivity contribution is 0.412. The standard InChI is InChI=1S/C21H24FN5O3S/c1-10-13-16(27(12-3-4-12)21(29)25-19(13)28)18(30-2)17(14(10)22)26-7-5-11(9-26)15(23)20-24-6-8-31-20/h6,8,11-12,15H,3-5,7,9,23H2,1-2H3,(H,25,28,29). The van der Waals surface area contributed by atoms with E-state index in [9.17, 15) is 9.59 Å². The second kappa shape index (κ2) is 7.45. The molecule has 1 aliphatic heterocycles. The SMILES string of the molecule is COc1c(N2CCC(C(N)c3nccs3)C2)c(F)c(C)c2c(=O)[nH]c(=O)n(C3CC3)c12.